The Morgan fingerprint density at radius 2 is 1.82 bits per heavy atom. The van der Waals surface area contributed by atoms with Crippen LogP contribution in [-0.4, -0.2) is 80.6 Å². The van der Waals surface area contributed by atoms with E-state index in [0.29, 0.717) is 5.56 Å². The van der Waals surface area contributed by atoms with Crippen molar-refractivity contribution in [3.05, 3.63) is 52.0 Å². The van der Waals surface area contributed by atoms with Crippen molar-refractivity contribution in [3.63, 3.8) is 0 Å². The average Bonchev–Trinajstić information content (AvgIpc) is 2.72. The second kappa shape index (κ2) is 7.67. The third kappa shape index (κ3) is 2.97. The van der Waals surface area contributed by atoms with E-state index >= 15 is 0 Å². The van der Waals surface area contributed by atoms with Crippen LogP contribution in [0.4, 0.5) is 0 Å². The first-order chi connectivity index (χ1) is 15.8. The van der Waals surface area contributed by atoms with E-state index in [1.165, 1.54) is 31.1 Å². The van der Waals surface area contributed by atoms with Crippen molar-refractivity contribution in [2.75, 3.05) is 14.1 Å². The monoisotopic (exact) mass is 472 g/mol. The van der Waals surface area contributed by atoms with E-state index in [0.717, 1.165) is 6.92 Å². The molecule has 3 aliphatic rings. The minimum absolute atomic E-state index is 0.0148. The fourth-order valence-corrected chi connectivity index (χ4v) is 5.52. The van der Waals surface area contributed by atoms with Gasteiger partial charge in [-0.2, -0.15) is 0 Å². The molecule has 180 valence electrons. The highest BCUT2D eigenvalue weighted by molar-refractivity contribution is 6.25. The number of hydrogen-bond donors (Lipinski definition) is 5. The number of benzene rings is 1. The Balaban J connectivity index is 2.07. The van der Waals surface area contributed by atoms with Gasteiger partial charge in [0.25, 0.3) is 5.91 Å². The Labute approximate surface area is 193 Å². The number of fused-ring (bicyclic) bond motifs is 3. The van der Waals surface area contributed by atoms with Crippen LogP contribution in [0.25, 0.3) is 0 Å². The Kier molecular flexibility index (Phi) is 5.29. The zero-order chi connectivity index (χ0) is 25.3. The molecule has 0 fully saturated rings. The molecule has 0 radical (unpaired) electrons. The van der Waals surface area contributed by atoms with Gasteiger partial charge in [0.05, 0.1) is 17.5 Å². The molecule has 1 aromatic carbocycles. The molecule has 1 amide bonds. The molecule has 0 saturated carbocycles. The molecule has 3 aliphatic carbocycles. The van der Waals surface area contributed by atoms with E-state index in [9.17, 15) is 39.6 Å². The summed E-state index contributed by atoms with van der Waals surface area (Å²) in [5.74, 6) is -9.08. The first-order valence-corrected chi connectivity index (χ1v) is 10.5. The smallest absolute Gasteiger partial charge is 0.302 e. The molecule has 0 spiro atoms. The number of ether oxygens (including phenoxy) is 1. The molecule has 0 heterocycles. The molecule has 11 heteroatoms. The molecule has 1 aromatic rings. The van der Waals surface area contributed by atoms with Crippen LogP contribution >= 0.6 is 0 Å². The summed E-state index contributed by atoms with van der Waals surface area (Å²) in [5.41, 5.74) is 1.32. The maximum absolute atomic E-state index is 13.4. The summed E-state index contributed by atoms with van der Waals surface area (Å²) in [6, 6.07) is 3.10. The summed E-state index contributed by atoms with van der Waals surface area (Å²) in [4.78, 5) is 52.3. The van der Waals surface area contributed by atoms with Gasteiger partial charge in [-0.05, 0) is 32.1 Å². The van der Waals surface area contributed by atoms with E-state index in [2.05, 4.69) is 0 Å². The van der Waals surface area contributed by atoms with Gasteiger partial charge in [0.15, 0.2) is 11.4 Å². The van der Waals surface area contributed by atoms with Crippen molar-refractivity contribution >= 4 is 23.4 Å². The van der Waals surface area contributed by atoms with Gasteiger partial charge in [-0.3, -0.25) is 24.1 Å². The van der Waals surface area contributed by atoms with Crippen molar-refractivity contribution in [1.82, 2.24) is 4.90 Å². The maximum atomic E-state index is 13.4. The number of aromatic hydroxyl groups is 1. The molecule has 0 saturated heterocycles. The molecule has 34 heavy (non-hydrogen) atoms. The largest absolute Gasteiger partial charge is 0.510 e. The normalized spacial score (nSPS) is 30.6. The number of nitrogens with two attached hydrogens (primary N) is 1. The number of phenolic OH excluding ortho intramolecular Hbond substituents is 1. The van der Waals surface area contributed by atoms with Crippen LogP contribution in [0.2, 0.25) is 0 Å². The van der Waals surface area contributed by atoms with E-state index in [4.69, 9.17) is 10.5 Å². The number of likely N-dealkylation sites (N-methyl/N-ethyl adjacent to an activating group) is 1. The van der Waals surface area contributed by atoms with Crippen LogP contribution in [0.1, 0.15) is 22.8 Å². The second-order valence-electron chi connectivity index (χ2n) is 8.94. The molecule has 0 aliphatic heterocycles. The number of esters is 1. The molecular formula is C23H24N2O9. The number of nitrogens with zero attached hydrogens (tertiary/aromatic N) is 1. The number of aliphatic hydroxyl groups excluding tert-OH is 2. The Morgan fingerprint density at radius 1 is 1.18 bits per heavy atom. The number of carbonyl (C=O) groups is 4. The summed E-state index contributed by atoms with van der Waals surface area (Å²) in [5, 5.41) is 44.1. The van der Waals surface area contributed by atoms with Gasteiger partial charge in [0, 0.05) is 18.4 Å². The topological polar surface area (TPSA) is 188 Å². The van der Waals surface area contributed by atoms with Crippen molar-refractivity contribution in [1.29, 1.82) is 0 Å². The maximum Gasteiger partial charge on any atom is 0.302 e. The number of rotatable bonds is 3. The molecule has 5 atom stereocenters. The average molecular weight is 472 g/mol. The molecule has 0 unspecified atom stereocenters. The van der Waals surface area contributed by atoms with Crippen molar-refractivity contribution < 1.29 is 44.3 Å². The fraction of sp³-hybridized carbons (Fsp3) is 0.391. The van der Waals surface area contributed by atoms with Crippen LogP contribution in [-0.2, 0) is 25.5 Å². The lowest BCUT2D eigenvalue weighted by molar-refractivity contribution is -0.178. The molecular weight excluding hydrogens is 448 g/mol. The van der Waals surface area contributed by atoms with E-state index in [1.54, 1.807) is 6.07 Å². The lowest BCUT2D eigenvalue weighted by atomic mass is 9.57. The summed E-state index contributed by atoms with van der Waals surface area (Å²) < 4.78 is 5.52. The SMILES string of the molecule is CC(=O)O[C@@H]1[C@H]2[C@H](N(C)C)C(O)=C(C(N)=O)C(=O)[C@@]2(O)C(O)=C2C(=O)c3c(O)cccc3C[C@H]21. The van der Waals surface area contributed by atoms with Crippen molar-refractivity contribution in [2.45, 2.75) is 31.1 Å². The Hall–Kier alpha value is -3.70. The van der Waals surface area contributed by atoms with Crippen molar-refractivity contribution in [3.8, 4) is 5.75 Å². The highest BCUT2D eigenvalue weighted by atomic mass is 16.5. The van der Waals surface area contributed by atoms with E-state index < -0.39 is 75.7 Å². The molecule has 11 nitrogen and oxygen atoms in total. The number of amides is 1. The summed E-state index contributed by atoms with van der Waals surface area (Å²) in [6.45, 7) is 1.10. The van der Waals surface area contributed by atoms with Crippen LogP contribution in [0, 0.1) is 11.8 Å². The fourth-order valence-electron chi connectivity index (χ4n) is 5.52. The predicted molar refractivity (Wildman–Crippen MR) is 115 cm³/mol. The second-order valence-corrected chi connectivity index (χ2v) is 8.94. The highest BCUT2D eigenvalue weighted by Gasteiger charge is 2.67. The molecule has 0 aromatic heterocycles. The summed E-state index contributed by atoms with van der Waals surface area (Å²) in [7, 11) is 2.96. The molecule has 4 rings (SSSR count). The number of aliphatic hydroxyl groups is 3. The first kappa shape index (κ1) is 23.5. The van der Waals surface area contributed by atoms with Crippen LogP contribution in [0.3, 0.4) is 0 Å². The first-order valence-electron chi connectivity index (χ1n) is 10.5. The van der Waals surface area contributed by atoms with Crippen LogP contribution < -0.4 is 5.73 Å². The number of Topliss-reactive ketones (excluding diaryl/α,β-unsaturated/α-hetero) is 2. The summed E-state index contributed by atoms with van der Waals surface area (Å²) >= 11 is 0. The van der Waals surface area contributed by atoms with Gasteiger partial charge >= 0.3 is 5.97 Å². The quantitative estimate of drug-likeness (QED) is 0.288. The molecule has 0 bridgehead atoms. The highest BCUT2D eigenvalue weighted by Crippen LogP contribution is 2.53. The van der Waals surface area contributed by atoms with Gasteiger partial charge in [-0.25, -0.2) is 0 Å². The Bertz CT molecular complexity index is 1210. The number of hydrogen-bond acceptors (Lipinski definition) is 10. The number of carbonyl (C=O) groups excluding carboxylic acids is 4. The van der Waals surface area contributed by atoms with Gasteiger partial charge < -0.3 is 30.9 Å². The number of primary amides is 1. The minimum atomic E-state index is -2.92. The molecule has 6 N–H and O–H groups in total. The standard InChI is InChI=1S/C23H24N2O9/c1-8(26)34-19-10-7-9-5-4-6-11(27)12(9)17(28)13(10)20(30)23(33)15(19)16(25(2)3)18(29)14(21(23)31)22(24)32/h4-6,10,15-16,19,27,29-30,33H,7H2,1-3H3,(H2,24,32)/t10-,15-,16+,19+,23+/m1/s1. The lowest BCUT2D eigenvalue weighted by Crippen LogP contribution is -2.68. The van der Waals surface area contributed by atoms with Crippen LogP contribution in [0.15, 0.2) is 40.9 Å². The van der Waals surface area contributed by atoms with E-state index in [-0.39, 0.29) is 17.7 Å². The predicted octanol–water partition coefficient (Wildman–Crippen LogP) is -0.338. The van der Waals surface area contributed by atoms with Gasteiger partial charge in [0.1, 0.15) is 28.9 Å². The minimum Gasteiger partial charge on any atom is -0.510 e. The third-order valence-electron chi connectivity index (χ3n) is 6.81. The third-order valence-corrected chi connectivity index (χ3v) is 6.81. The number of ketones is 2. The van der Waals surface area contributed by atoms with Gasteiger partial charge in [0.2, 0.25) is 5.78 Å². The van der Waals surface area contributed by atoms with Crippen molar-refractivity contribution in [2.24, 2.45) is 17.6 Å². The van der Waals surface area contributed by atoms with Gasteiger partial charge in [-0.15, -0.1) is 0 Å². The summed E-state index contributed by atoms with van der Waals surface area (Å²) in [6.07, 6.45) is -1.36. The van der Waals surface area contributed by atoms with Crippen LogP contribution in [0.5, 0.6) is 5.75 Å². The zero-order valence-electron chi connectivity index (χ0n) is 18.6. The number of phenols is 1. The van der Waals surface area contributed by atoms with Gasteiger partial charge in [-0.1, -0.05) is 12.1 Å². The lowest BCUT2D eigenvalue weighted by Gasteiger charge is -2.53. The zero-order valence-corrected chi connectivity index (χ0v) is 18.6. The van der Waals surface area contributed by atoms with E-state index in [1.807, 2.05) is 0 Å². The Morgan fingerprint density at radius 3 is 2.38 bits per heavy atom.